The van der Waals surface area contributed by atoms with Crippen LogP contribution in [0.3, 0.4) is 0 Å². The van der Waals surface area contributed by atoms with Crippen molar-refractivity contribution in [3.8, 4) is 0 Å². The van der Waals surface area contributed by atoms with Crippen molar-refractivity contribution >= 4 is 21.9 Å². The highest BCUT2D eigenvalue weighted by Crippen LogP contribution is 2.36. The number of ether oxygens (including phenoxy) is 2. The first-order chi connectivity index (χ1) is 16.6. The van der Waals surface area contributed by atoms with Crippen molar-refractivity contribution in [2.24, 2.45) is 0 Å². The van der Waals surface area contributed by atoms with E-state index in [1.54, 1.807) is 17.0 Å². The topological polar surface area (TPSA) is 93.2 Å². The van der Waals surface area contributed by atoms with Gasteiger partial charge in [-0.3, -0.25) is 9.59 Å². The maximum absolute atomic E-state index is 13.4. The molecule has 1 fully saturated rings. The van der Waals surface area contributed by atoms with Crippen LogP contribution in [-0.2, 0) is 35.5 Å². The average Bonchev–Trinajstić information content (AvgIpc) is 2.82. The molecule has 1 saturated heterocycles. The number of halogens is 1. The van der Waals surface area contributed by atoms with E-state index in [4.69, 9.17) is 9.47 Å². The fraction of sp³-hybridized carbons (Fsp3) is 0.440. The monoisotopic (exact) mass is 504 g/mol. The number of morpholine rings is 1. The Morgan fingerprint density at radius 3 is 2.40 bits per heavy atom. The lowest BCUT2D eigenvalue weighted by molar-refractivity contribution is -0.157. The number of sulfonamides is 1. The molecule has 35 heavy (non-hydrogen) atoms. The van der Waals surface area contributed by atoms with E-state index in [2.05, 4.69) is 0 Å². The van der Waals surface area contributed by atoms with E-state index in [-0.39, 0.29) is 36.0 Å². The molecule has 1 amide bonds. The van der Waals surface area contributed by atoms with E-state index in [1.807, 2.05) is 26.0 Å². The Bertz CT molecular complexity index is 1180. The summed E-state index contributed by atoms with van der Waals surface area (Å²) < 4.78 is 52.4. The predicted octanol–water partition coefficient (Wildman–Crippen LogP) is 2.68. The summed E-state index contributed by atoms with van der Waals surface area (Å²) in [7, 11) is -4.01. The van der Waals surface area contributed by atoms with Crippen LogP contribution in [0.15, 0.2) is 53.4 Å². The Kier molecular flexibility index (Phi) is 7.53. The molecule has 2 aromatic carbocycles. The van der Waals surface area contributed by atoms with Gasteiger partial charge in [0.1, 0.15) is 5.82 Å². The zero-order valence-electron chi connectivity index (χ0n) is 19.7. The van der Waals surface area contributed by atoms with Crippen molar-refractivity contribution in [2.75, 3.05) is 26.2 Å². The number of fused-ring (bicyclic) bond motifs is 1. The fourth-order valence-corrected chi connectivity index (χ4v) is 6.31. The van der Waals surface area contributed by atoms with E-state index >= 15 is 0 Å². The summed E-state index contributed by atoms with van der Waals surface area (Å²) in [5, 5.41) is 0. The molecule has 0 aliphatic carbocycles. The third-order valence-electron chi connectivity index (χ3n) is 6.27. The van der Waals surface area contributed by atoms with Gasteiger partial charge >= 0.3 is 5.97 Å². The van der Waals surface area contributed by atoms with Crippen LogP contribution in [0.25, 0.3) is 0 Å². The van der Waals surface area contributed by atoms with Gasteiger partial charge in [0.15, 0.2) is 6.61 Å². The first-order valence-electron chi connectivity index (χ1n) is 11.6. The second kappa shape index (κ2) is 10.4. The highest BCUT2D eigenvalue weighted by Gasteiger charge is 2.38. The van der Waals surface area contributed by atoms with Crippen LogP contribution in [0.2, 0.25) is 0 Å². The molecule has 2 aliphatic rings. The van der Waals surface area contributed by atoms with E-state index in [0.717, 1.165) is 17.7 Å². The molecular weight excluding hydrogens is 475 g/mol. The SMILES string of the molecule is CC1CN(C(=O)COC(=O)CC2c3ccccc3CCN2S(=O)(=O)c2ccc(F)cc2)CC(C)O1. The van der Waals surface area contributed by atoms with Gasteiger partial charge in [-0.15, -0.1) is 0 Å². The molecule has 8 nitrogen and oxygen atoms in total. The lowest BCUT2D eigenvalue weighted by Gasteiger charge is -2.36. The van der Waals surface area contributed by atoms with Crippen LogP contribution in [0, 0.1) is 5.82 Å². The number of hydrogen-bond donors (Lipinski definition) is 0. The lowest BCUT2D eigenvalue weighted by atomic mass is 9.92. The van der Waals surface area contributed by atoms with E-state index in [0.29, 0.717) is 25.1 Å². The van der Waals surface area contributed by atoms with Crippen molar-refractivity contribution in [3.63, 3.8) is 0 Å². The van der Waals surface area contributed by atoms with Gasteiger partial charge < -0.3 is 14.4 Å². The van der Waals surface area contributed by atoms with Crippen LogP contribution in [0.4, 0.5) is 4.39 Å². The molecule has 0 saturated carbocycles. The average molecular weight is 505 g/mol. The number of hydrogen-bond acceptors (Lipinski definition) is 6. The molecule has 10 heteroatoms. The quantitative estimate of drug-likeness (QED) is 0.562. The highest BCUT2D eigenvalue weighted by atomic mass is 32.2. The molecule has 0 radical (unpaired) electrons. The molecule has 4 rings (SSSR count). The summed E-state index contributed by atoms with van der Waals surface area (Å²) in [5.74, 6) is -1.53. The van der Waals surface area contributed by atoms with Crippen molar-refractivity contribution in [3.05, 3.63) is 65.5 Å². The standard InChI is InChI=1S/C25H29FN2O6S/c1-17-14-27(15-18(2)34-17)24(29)16-33-25(30)13-23-22-6-4-3-5-19(22)11-12-28(23)35(31,32)21-9-7-20(26)8-10-21/h3-10,17-18,23H,11-16H2,1-2H3. The van der Waals surface area contributed by atoms with Gasteiger partial charge in [0, 0.05) is 19.6 Å². The maximum Gasteiger partial charge on any atom is 0.308 e. The molecular formula is C25H29FN2O6S. The predicted molar refractivity (Wildman–Crippen MR) is 125 cm³/mol. The number of nitrogens with zero attached hydrogens (tertiary/aromatic N) is 2. The third-order valence-corrected chi connectivity index (χ3v) is 8.19. The van der Waals surface area contributed by atoms with Gasteiger partial charge in [0.05, 0.1) is 29.6 Å². The van der Waals surface area contributed by atoms with Gasteiger partial charge in [0.25, 0.3) is 5.91 Å². The second-order valence-electron chi connectivity index (χ2n) is 8.96. The van der Waals surface area contributed by atoms with Crippen LogP contribution in [0.5, 0.6) is 0 Å². The second-order valence-corrected chi connectivity index (χ2v) is 10.8. The van der Waals surface area contributed by atoms with Crippen molar-refractivity contribution < 1.29 is 31.9 Å². The third kappa shape index (κ3) is 5.71. The summed E-state index contributed by atoms with van der Waals surface area (Å²) in [6.45, 7) is 4.33. The van der Waals surface area contributed by atoms with Crippen LogP contribution >= 0.6 is 0 Å². The Balaban J connectivity index is 1.50. The maximum atomic E-state index is 13.4. The van der Waals surface area contributed by atoms with E-state index in [9.17, 15) is 22.4 Å². The molecule has 0 spiro atoms. The van der Waals surface area contributed by atoms with Gasteiger partial charge in [-0.2, -0.15) is 4.31 Å². The Morgan fingerprint density at radius 2 is 1.71 bits per heavy atom. The highest BCUT2D eigenvalue weighted by molar-refractivity contribution is 7.89. The van der Waals surface area contributed by atoms with E-state index in [1.165, 1.54) is 16.4 Å². The van der Waals surface area contributed by atoms with Crippen molar-refractivity contribution in [1.82, 2.24) is 9.21 Å². The minimum atomic E-state index is -4.01. The van der Waals surface area contributed by atoms with Gasteiger partial charge in [-0.25, -0.2) is 12.8 Å². The molecule has 2 aromatic rings. The Morgan fingerprint density at radius 1 is 1.06 bits per heavy atom. The number of esters is 1. The molecule has 0 aromatic heterocycles. The number of rotatable bonds is 6. The first-order valence-corrected chi connectivity index (χ1v) is 13.0. The van der Waals surface area contributed by atoms with Crippen LogP contribution in [0.1, 0.15) is 37.4 Å². The summed E-state index contributed by atoms with van der Waals surface area (Å²) in [6.07, 6.45) is 0.0130. The summed E-state index contributed by atoms with van der Waals surface area (Å²) in [4.78, 5) is 26.9. The first kappa shape index (κ1) is 25.3. The number of carbonyl (C=O) groups excluding carboxylic acids is 2. The summed E-state index contributed by atoms with van der Waals surface area (Å²) in [5.41, 5.74) is 1.66. The molecule has 2 heterocycles. The smallest absolute Gasteiger partial charge is 0.308 e. The minimum absolute atomic E-state index is 0.0533. The van der Waals surface area contributed by atoms with Crippen molar-refractivity contribution in [1.29, 1.82) is 0 Å². The molecule has 3 unspecified atom stereocenters. The molecule has 188 valence electrons. The normalized spacial score (nSPS) is 22.9. The number of amides is 1. The van der Waals surface area contributed by atoms with Crippen LogP contribution in [-0.4, -0.2) is 67.9 Å². The van der Waals surface area contributed by atoms with Crippen LogP contribution < -0.4 is 0 Å². The summed E-state index contributed by atoms with van der Waals surface area (Å²) in [6, 6.07) is 11.1. The lowest BCUT2D eigenvalue weighted by Crippen LogP contribution is -2.49. The number of carbonyl (C=O) groups is 2. The molecule has 0 bridgehead atoms. The zero-order valence-corrected chi connectivity index (χ0v) is 20.5. The van der Waals surface area contributed by atoms with E-state index < -0.39 is 34.5 Å². The Hall–Kier alpha value is -2.82. The van der Waals surface area contributed by atoms with Gasteiger partial charge in [-0.1, -0.05) is 24.3 Å². The zero-order chi connectivity index (χ0) is 25.2. The van der Waals surface area contributed by atoms with Crippen molar-refractivity contribution in [2.45, 2.75) is 49.8 Å². The number of benzene rings is 2. The van der Waals surface area contributed by atoms with Gasteiger partial charge in [-0.05, 0) is 55.7 Å². The fourth-order valence-electron chi connectivity index (χ4n) is 4.70. The minimum Gasteiger partial charge on any atom is -0.456 e. The largest absolute Gasteiger partial charge is 0.456 e. The Labute approximate surface area is 204 Å². The molecule has 2 aliphatic heterocycles. The summed E-state index contributed by atoms with van der Waals surface area (Å²) >= 11 is 0. The van der Waals surface area contributed by atoms with Gasteiger partial charge in [0.2, 0.25) is 10.0 Å². The molecule has 0 N–H and O–H groups in total. The molecule has 3 atom stereocenters.